The first-order valence-electron chi connectivity index (χ1n) is 8.15. The quantitative estimate of drug-likeness (QED) is 0.660. The molecule has 0 spiro atoms. The van der Waals surface area contributed by atoms with E-state index < -0.39 is 5.91 Å². The molecule has 0 aliphatic heterocycles. The van der Waals surface area contributed by atoms with Gasteiger partial charge in [0.2, 0.25) is 5.95 Å². The molecule has 2 rings (SSSR count). The molecule has 136 valence electrons. The van der Waals surface area contributed by atoms with Crippen molar-refractivity contribution in [3.05, 3.63) is 54.2 Å². The lowest BCUT2D eigenvalue weighted by molar-refractivity contribution is -0.114. The molecule has 0 atom stereocenters. The van der Waals surface area contributed by atoms with Crippen molar-refractivity contribution in [2.24, 2.45) is 5.73 Å². The van der Waals surface area contributed by atoms with Gasteiger partial charge >= 0.3 is 0 Å². The van der Waals surface area contributed by atoms with E-state index in [2.05, 4.69) is 27.2 Å². The Morgan fingerprint density at radius 1 is 1.27 bits per heavy atom. The second kappa shape index (κ2) is 7.77. The maximum atomic E-state index is 11.7. The molecule has 0 unspecified atom stereocenters. The average molecular weight is 353 g/mol. The fourth-order valence-corrected chi connectivity index (χ4v) is 2.24. The number of carbonyl (C=O) groups is 2. The number of hydrogen-bond acceptors (Lipinski definition) is 6. The zero-order valence-electron chi connectivity index (χ0n) is 15.2. The molecular formula is C19H23N5O2. The highest BCUT2D eigenvalue weighted by atomic mass is 16.1. The third-order valence-electron chi connectivity index (χ3n) is 3.40. The van der Waals surface area contributed by atoms with Crippen LogP contribution in [-0.2, 0) is 11.2 Å². The molecule has 26 heavy (non-hydrogen) atoms. The van der Waals surface area contributed by atoms with Crippen LogP contribution in [0.25, 0.3) is 0 Å². The summed E-state index contributed by atoms with van der Waals surface area (Å²) in [7, 11) is 0. The summed E-state index contributed by atoms with van der Waals surface area (Å²) in [5, 5.41) is 6.25. The zero-order valence-corrected chi connectivity index (χ0v) is 15.2. The van der Waals surface area contributed by atoms with Crippen molar-refractivity contribution in [2.45, 2.75) is 32.7 Å². The number of rotatable bonds is 7. The van der Waals surface area contributed by atoms with Crippen LogP contribution in [0, 0.1) is 0 Å². The first-order chi connectivity index (χ1) is 12.2. The van der Waals surface area contributed by atoms with Crippen LogP contribution in [0.4, 0.5) is 17.5 Å². The van der Waals surface area contributed by atoms with Crippen molar-refractivity contribution in [3.8, 4) is 0 Å². The van der Waals surface area contributed by atoms with Gasteiger partial charge in [0.15, 0.2) is 5.78 Å². The highest BCUT2D eigenvalue weighted by Crippen LogP contribution is 2.24. The Labute approximate surface area is 152 Å². The number of primary amides is 1. The average Bonchev–Trinajstić information content (AvgIpc) is 2.55. The number of anilines is 3. The summed E-state index contributed by atoms with van der Waals surface area (Å²) in [6.45, 7) is 9.41. The van der Waals surface area contributed by atoms with E-state index >= 15 is 0 Å². The molecule has 2 aromatic rings. The number of para-hydroxylation sites is 1. The van der Waals surface area contributed by atoms with Crippen LogP contribution in [0.5, 0.6) is 0 Å². The Morgan fingerprint density at radius 3 is 2.58 bits per heavy atom. The SMILES string of the molecule is C=CC(=O)Cc1ccccc1Nc1nc(NC(C)(C)C)ncc1C(N)=O. The number of hydrogen-bond donors (Lipinski definition) is 3. The molecule has 7 heteroatoms. The number of allylic oxidation sites excluding steroid dienone is 1. The predicted octanol–water partition coefficient (Wildman–Crippen LogP) is 2.83. The number of benzene rings is 1. The van der Waals surface area contributed by atoms with Crippen LogP contribution in [-0.4, -0.2) is 27.2 Å². The Hall–Kier alpha value is -3.22. The first-order valence-corrected chi connectivity index (χ1v) is 8.15. The van der Waals surface area contributed by atoms with Crippen molar-refractivity contribution in [1.29, 1.82) is 0 Å². The summed E-state index contributed by atoms with van der Waals surface area (Å²) >= 11 is 0. The summed E-state index contributed by atoms with van der Waals surface area (Å²) in [6.07, 6.45) is 2.85. The maximum Gasteiger partial charge on any atom is 0.254 e. The van der Waals surface area contributed by atoms with Gasteiger partial charge in [0.25, 0.3) is 5.91 Å². The van der Waals surface area contributed by atoms with Crippen LogP contribution in [0.3, 0.4) is 0 Å². The molecule has 0 saturated carbocycles. The van der Waals surface area contributed by atoms with Crippen LogP contribution < -0.4 is 16.4 Å². The molecule has 0 aliphatic rings. The molecule has 1 aromatic carbocycles. The second-order valence-corrected chi connectivity index (χ2v) is 6.82. The highest BCUT2D eigenvalue weighted by Gasteiger charge is 2.17. The normalized spacial score (nSPS) is 10.9. The van der Waals surface area contributed by atoms with Crippen molar-refractivity contribution in [3.63, 3.8) is 0 Å². The molecule has 1 heterocycles. The third-order valence-corrected chi connectivity index (χ3v) is 3.40. The number of nitrogens with two attached hydrogens (primary N) is 1. The van der Waals surface area contributed by atoms with E-state index in [1.165, 1.54) is 12.3 Å². The van der Waals surface area contributed by atoms with Gasteiger partial charge in [0.1, 0.15) is 11.4 Å². The molecule has 4 N–H and O–H groups in total. The van der Waals surface area contributed by atoms with Gasteiger partial charge < -0.3 is 16.4 Å². The lowest BCUT2D eigenvalue weighted by Crippen LogP contribution is -2.28. The molecule has 0 saturated heterocycles. The predicted molar refractivity (Wildman–Crippen MR) is 103 cm³/mol. The minimum Gasteiger partial charge on any atom is -0.365 e. The van der Waals surface area contributed by atoms with Gasteiger partial charge in [0.05, 0.1) is 0 Å². The molecule has 0 bridgehead atoms. The van der Waals surface area contributed by atoms with Gasteiger partial charge in [-0.15, -0.1) is 0 Å². The van der Waals surface area contributed by atoms with Gasteiger partial charge in [-0.2, -0.15) is 4.98 Å². The van der Waals surface area contributed by atoms with E-state index in [1.807, 2.05) is 39.0 Å². The third kappa shape index (κ3) is 5.14. The minimum atomic E-state index is -0.644. The molecule has 7 nitrogen and oxygen atoms in total. The van der Waals surface area contributed by atoms with E-state index in [1.54, 1.807) is 6.07 Å². The summed E-state index contributed by atoms with van der Waals surface area (Å²) in [4.78, 5) is 32.0. The number of aromatic nitrogens is 2. The van der Waals surface area contributed by atoms with Crippen LogP contribution in [0.1, 0.15) is 36.7 Å². The summed E-state index contributed by atoms with van der Waals surface area (Å²) in [6, 6.07) is 7.28. The first kappa shape index (κ1) is 19.1. The van der Waals surface area contributed by atoms with E-state index in [0.717, 1.165) is 5.56 Å². The van der Waals surface area contributed by atoms with Gasteiger partial charge in [-0.25, -0.2) is 4.98 Å². The zero-order chi connectivity index (χ0) is 19.3. The van der Waals surface area contributed by atoms with Gasteiger partial charge in [-0.05, 0) is 38.5 Å². The minimum absolute atomic E-state index is 0.104. The van der Waals surface area contributed by atoms with Gasteiger partial charge in [-0.3, -0.25) is 9.59 Å². The fourth-order valence-electron chi connectivity index (χ4n) is 2.24. The largest absolute Gasteiger partial charge is 0.365 e. The smallest absolute Gasteiger partial charge is 0.254 e. The molecular weight excluding hydrogens is 330 g/mol. The van der Waals surface area contributed by atoms with Crippen LogP contribution in [0.2, 0.25) is 0 Å². The Kier molecular flexibility index (Phi) is 5.71. The lowest BCUT2D eigenvalue weighted by Gasteiger charge is -2.21. The second-order valence-electron chi connectivity index (χ2n) is 6.82. The number of carbonyl (C=O) groups excluding carboxylic acids is 2. The number of nitrogens with one attached hydrogen (secondary N) is 2. The van der Waals surface area contributed by atoms with E-state index in [9.17, 15) is 9.59 Å². The number of nitrogens with zero attached hydrogens (tertiary/aromatic N) is 2. The lowest BCUT2D eigenvalue weighted by atomic mass is 10.1. The molecule has 0 radical (unpaired) electrons. The van der Waals surface area contributed by atoms with E-state index in [0.29, 0.717) is 11.6 Å². The number of ketones is 1. The van der Waals surface area contributed by atoms with E-state index in [-0.39, 0.29) is 29.1 Å². The standard InChI is InChI=1S/C19H23N5O2/c1-5-13(25)10-12-8-6-7-9-15(12)22-17-14(16(20)26)11-21-18(23-17)24-19(2,3)4/h5-9,11H,1,10H2,2-4H3,(H2,20,26)(H2,21,22,23,24). The molecule has 0 fully saturated rings. The Morgan fingerprint density at radius 2 is 1.96 bits per heavy atom. The Balaban J connectivity index is 2.41. The molecule has 1 aromatic heterocycles. The van der Waals surface area contributed by atoms with Crippen molar-refractivity contribution >= 4 is 29.1 Å². The number of amides is 1. The topological polar surface area (TPSA) is 110 Å². The Bertz CT molecular complexity index is 840. The summed E-state index contributed by atoms with van der Waals surface area (Å²) in [5.74, 6) is -0.107. The maximum absolute atomic E-state index is 11.7. The molecule has 1 amide bonds. The summed E-state index contributed by atoms with van der Waals surface area (Å²) < 4.78 is 0. The van der Waals surface area contributed by atoms with Crippen molar-refractivity contribution < 1.29 is 9.59 Å². The van der Waals surface area contributed by atoms with Crippen LogP contribution >= 0.6 is 0 Å². The highest BCUT2D eigenvalue weighted by molar-refractivity contribution is 5.98. The van der Waals surface area contributed by atoms with Gasteiger partial charge in [0, 0.05) is 23.8 Å². The van der Waals surface area contributed by atoms with Crippen molar-refractivity contribution in [2.75, 3.05) is 10.6 Å². The summed E-state index contributed by atoms with van der Waals surface area (Å²) in [5.41, 5.74) is 6.77. The fraction of sp³-hybridized carbons (Fsp3) is 0.263. The monoisotopic (exact) mass is 353 g/mol. The van der Waals surface area contributed by atoms with Gasteiger partial charge in [-0.1, -0.05) is 24.8 Å². The van der Waals surface area contributed by atoms with Crippen molar-refractivity contribution in [1.82, 2.24) is 9.97 Å². The van der Waals surface area contributed by atoms with Crippen LogP contribution in [0.15, 0.2) is 43.1 Å². The molecule has 0 aliphatic carbocycles. The van der Waals surface area contributed by atoms with E-state index in [4.69, 9.17) is 5.73 Å².